The molecule has 2 amide bonds. The minimum Gasteiger partial charge on any atom is -0.444 e. The average molecular weight is 356 g/mol. The topological polar surface area (TPSA) is 67.2 Å². The Bertz CT molecular complexity index is 859. The van der Waals surface area contributed by atoms with Crippen LogP contribution in [0.3, 0.4) is 0 Å². The molecule has 3 aromatic rings. The first-order valence-electron chi connectivity index (χ1n) is 7.92. The van der Waals surface area contributed by atoms with Gasteiger partial charge in [0, 0.05) is 18.5 Å². The number of hydrogen-bond donors (Lipinski definition) is 2. The number of para-hydroxylation sites is 1. The van der Waals surface area contributed by atoms with Gasteiger partial charge in [-0.3, -0.25) is 0 Å². The largest absolute Gasteiger partial charge is 0.444 e. The van der Waals surface area contributed by atoms with E-state index in [4.69, 9.17) is 16.0 Å². The van der Waals surface area contributed by atoms with Crippen LogP contribution in [0.25, 0.3) is 11.5 Å². The summed E-state index contributed by atoms with van der Waals surface area (Å²) in [5.41, 5.74) is 3.48. The predicted molar refractivity (Wildman–Crippen MR) is 98.9 cm³/mol. The van der Waals surface area contributed by atoms with Gasteiger partial charge in [0.2, 0.25) is 5.89 Å². The molecule has 0 saturated heterocycles. The van der Waals surface area contributed by atoms with Crippen LogP contribution >= 0.6 is 11.6 Å². The summed E-state index contributed by atoms with van der Waals surface area (Å²) < 4.78 is 5.50. The lowest BCUT2D eigenvalue weighted by Gasteiger charge is -2.08. The van der Waals surface area contributed by atoms with Gasteiger partial charge in [0.1, 0.15) is 6.26 Å². The monoisotopic (exact) mass is 355 g/mol. The van der Waals surface area contributed by atoms with Crippen LogP contribution in [0.5, 0.6) is 0 Å². The quantitative estimate of drug-likeness (QED) is 0.699. The van der Waals surface area contributed by atoms with Crippen molar-refractivity contribution in [2.24, 2.45) is 0 Å². The number of nitrogens with zero attached hydrogens (tertiary/aromatic N) is 1. The van der Waals surface area contributed by atoms with Gasteiger partial charge in [-0.15, -0.1) is 0 Å². The van der Waals surface area contributed by atoms with E-state index in [2.05, 4.69) is 15.6 Å². The van der Waals surface area contributed by atoms with Crippen LogP contribution in [0.2, 0.25) is 5.02 Å². The Morgan fingerprint density at radius 3 is 2.68 bits per heavy atom. The zero-order chi connectivity index (χ0) is 17.6. The summed E-state index contributed by atoms with van der Waals surface area (Å²) in [6.45, 7) is 2.47. The highest BCUT2D eigenvalue weighted by Gasteiger charge is 2.08. The van der Waals surface area contributed by atoms with Crippen molar-refractivity contribution in [3.05, 3.63) is 71.1 Å². The number of halogens is 1. The van der Waals surface area contributed by atoms with Crippen molar-refractivity contribution in [2.45, 2.75) is 13.3 Å². The Balaban J connectivity index is 1.50. The fourth-order valence-electron chi connectivity index (χ4n) is 2.28. The van der Waals surface area contributed by atoms with E-state index in [1.54, 1.807) is 18.4 Å². The van der Waals surface area contributed by atoms with Crippen molar-refractivity contribution in [3.8, 4) is 11.5 Å². The lowest BCUT2D eigenvalue weighted by molar-refractivity contribution is 0.252. The maximum absolute atomic E-state index is 11.9. The number of benzene rings is 2. The molecule has 0 atom stereocenters. The Morgan fingerprint density at radius 1 is 1.16 bits per heavy atom. The van der Waals surface area contributed by atoms with E-state index >= 15 is 0 Å². The summed E-state index contributed by atoms with van der Waals surface area (Å²) >= 11 is 6.00. The maximum atomic E-state index is 11.9. The molecule has 1 heterocycles. The number of rotatable bonds is 5. The van der Waals surface area contributed by atoms with Crippen molar-refractivity contribution >= 4 is 23.3 Å². The van der Waals surface area contributed by atoms with E-state index in [1.807, 2.05) is 43.3 Å². The molecule has 0 spiro atoms. The van der Waals surface area contributed by atoms with E-state index < -0.39 is 0 Å². The van der Waals surface area contributed by atoms with Gasteiger partial charge in [-0.2, -0.15) is 0 Å². The zero-order valence-corrected chi connectivity index (χ0v) is 14.5. The highest BCUT2D eigenvalue weighted by Crippen LogP contribution is 2.20. The first-order valence-corrected chi connectivity index (χ1v) is 8.30. The molecule has 1 aromatic heterocycles. The van der Waals surface area contributed by atoms with Crippen LogP contribution in [0, 0.1) is 6.92 Å². The second-order valence-corrected chi connectivity index (χ2v) is 6.03. The first kappa shape index (κ1) is 17.0. The van der Waals surface area contributed by atoms with Gasteiger partial charge >= 0.3 is 6.03 Å². The second-order valence-electron chi connectivity index (χ2n) is 5.62. The number of amides is 2. The molecule has 0 radical (unpaired) electrons. The van der Waals surface area contributed by atoms with E-state index in [0.29, 0.717) is 29.6 Å². The van der Waals surface area contributed by atoms with Crippen LogP contribution in [-0.4, -0.2) is 17.6 Å². The number of carbonyl (C=O) groups is 1. The van der Waals surface area contributed by atoms with Crippen molar-refractivity contribution in [2.75, 3.05) is 11.9 Å². The number of anilines is 1. The zero-order valence-electron chi connectivity index (χ0n) is 13.8. The normalized spacial score (nSPS) is 10.5. The van der Waals surface area contributed by atoms with Gasteiger partial charge in [0.15, 0.2) is 0 Å². The van der Waals surface area contributed by atoms with Gasteiger partial charge in [0.25, 0.3) is 0 Å². The van der Waals surface area contributed by atoms with Crippen LogP contribution in [-0.2, 0) is 6.42 Å². The molecule has 128 valence electrons. The molecule has 0 saturated carbocycles. The van der Waals surface area contributed by atoms with Gasteiger partial charge in [-0.05, 0) is 31.2 Å². The van der Waals surface area contributed by atoms with Crippen LogP contribution in [0.1, 0.15) is 11.3 Å². The molecule has 6 heteroatoms. The standard InChI is InChI=1S/C19H18ClN3O2/c1-13-6-8-14(9-7-13)18-22-15(12-25-18)10-11-21-19(24)23-17-5-3-2-4-16(17)20/h2-9,12H,10-11H2,1H3,(H2,21,23,24). The molecular formula is C19H18ClN3O2. The number of urea groups is 1. The second kappa shape index (κ2) is 7.85. The molecule has 0 aliphatic heterocycles. The van der Waals surface area contributed by atoms with E-state index in [-0.39, 0.29) is 6.03 Å². The third kappa shape index (κ3) is 4.61. The Kier molecular flexibility index (Phi) is 5.36. The number of nitrogens with one attached hydrogen (secondary N) is 2. The molecular weight excluding hydrogens is 338 g/mol. The van der Waals surface area contributed by atoms with E-state index in [9.17, 15) is 4.79 Å². The van der Waals surface area contributed by atoms with Gasteiger partial charge in [-0.25, -0.2) is 9.78 Å². The number of hydrogen-bond acceptors (Lipinski definition) is 3. The Labute approximate surface area is 151 Å². The van der Waals surface area contributed by atoms with Crippen LogP contribution < -0.4 is 10.6 Å². The number of carbonyl (C=O) groups excluding carboxylic acids is 1. The summed E-state index contributed by atoms with van der Waals surface area (Å²) in [6.07, 6.45) is 2.19. The van der Waals surface area contributed by atoms with Crippen molar-refractivity contribution in [3.63, 3.8) is 0 Å². The summed E-state index contributed by atoms with van der Waals surface area (Å²) in [5, 5.41) is 5.98. The molecule has 0 fully saturated rings. The molecule has 0 aliphatic rings. The number of aromatic nitrogens is 1. The summed E-state index contributed by atoms with van der Waals surface area (Å²) in [5.74, 6) is 0.579. The van der Waals surface area contributed by atoms with Crippen LogP contribution in [0.4, 0.5) is 10.5 Å². The lowest BCUT2D eigenvalue weighted by atomic mass is 10.1. The molecule has 2 aromatic carbocycles. The van der Waals surface area contributed by atoms with Crippen molar-refractivity contribution in [1.82, 2.24) is 10.3 Å². The molecule has 0 bridgehead atoms. The molecule has 3 rings (SSSR count). The summed E-state index contributed by atoms with van der Waals surface area (Å²) in [7, 11) is 0. The average Bonchev–Trinajstić information content (AvgIpc) is 3.06. The molecule has 5 nitrogen and oxygen atoms in total. The molecule has 0 aliphatic carbocycles. The summed E-state index contributed by atoms with van der Waals surface area (Å²) in [4.78, 5) is 16.3. The van der Waals surface area contributed by atoms with E-state index in [0.717, 1.165) is 11.3 Å². The summed E-state index contributed by atoms with van der Waals surface area (Å²) in [6, 6.07) is 14.7. The third-order valence-corrected chi connectivity index (χ3v) is 3.97. The minimum absolute atomic E-state index is 0.310. The van der Waals surface area contributed by atoms with Crippen molar-refractivity contribution < 1.29 is 9.21 Å². The first-order chi connectivity index (χ1) is 12.1. The van der Waals surface area contributed by atoms with Gasteiger partial charge in [-0.1, -0.05) is 41.4 Å². The maximum Gasteiger partial charge on any atom is 0.319 e. The highest BCUT2D eigenvalue weighted by atomic mass is 35.5. The SMILES string of the molecule is Cc1ccc(-c2nc(CCNC(=O)Nc3ccccc3Cl)co2)cc1. The highest BCUT2D eigenvalue weighted by molar-refractivity contribution is 6.33. The van der Waals surface area contributed by atoms with Crippen molar-refractivity contribution in [1.29, 1.82) is 0 Å². The Morgan fingerprint density at radius 2 is 1.92 bits per heavy atom. The van der Waals surface area contributed by atoms with Gasteiger partial charge < -0.3 is 15.1 Å². The fraction of sp³-hybridized carbons (Fsp3) is 0.158. The third-order valence-electron chi connectivity index (χ3n) is 3.64. The minimum atomic E-state index is -0.310. The predicted octanol–water partition coefficient (Wildman–Crippen LogP) is 4.67. The molecule has 2 N–H and O–H groups in total. The molecule has 0 unspecified atom stereocenters. The van der Waals surface area contributed by atoms with E-state index in [1.165, 1.54) is 5.56 Å². The fourth-order valence-corrected chi connectivity index (χ4v) is 2.47. The molecule has 25 heavy (non-hydrogen) atoms. The number of aryl methyl sites for hydroxylation is 1. The number of oxazole rings is 1. The van der Waals surface area contributed by atoms with Gasteiger partial charge in [0.05, 0.1) is 16.4 Å². The Hall–Kier alpha value is -2.79. The smallest absolute Gasteiger partial charge is 0.319 e. The lowest BCUT2D eigenvalue weighted by Crippen LogP contribution is -2.30. The van der Waals surface area contributed by atoms with Crippen LogP contribution in [0.15, 0.2) is 59.2 Å².